The first-order chi connectivity index (χ1) is 11.0. The quantitative estimate of drug-likeness (QED) is 0.863. The molecule has 2 aliphatic rings. The first kappa shape index (κ1) is 17.1. The molecule has 2 atom stereocenters. The van der Waals surface area contributed by atoms with Crippen LogP contribution in [0.3, 0.4) is 0 Å². The van der Waals surface area contributed by atoms with Crippen LogP contribution in [0.5, 0.6) is 0 Å². The highest BCUT2D eigenvalue weighted by Gasteiger charge is 2.53. The fourth-order valence-corrected chi connectivity index (χ4v) is 3.86. The van der Waals surface area contributed by atoms with Gasteiger partial charge in [-0.25, -0.2) is 0 Å². The lowest BCUT2D eigenvalue weighted by Gasteiger charge is -2.46. The van der Waals surface area contributed by atoms with Crippen LogP contribution < -0.4 is 5.73 Å². The van der Waals surface area contributed by atoms with E-state index in [0.717, 1.165) is 31.5 Å². The largest absolute Gasteiger partial charge is 0.399 e. The van der Waals surface area contributed by atoms with Gasteiger partial charge in [-0.15, -0.1) is 0 Å². The summed E-state index contributed by atoms with van der Waals surface area (Å²) >= 11 is 0. The van der Waals surface area contributed by atoms with E-state index in [0.29, 0.717) is 11.6 Å². The maximum Gasteiger partial charge on any atom is 0.187 e. The smallest absolute Gasteiger partial charge is 0.187 e. The first-order valence-electron chi connectivity index (χ1n) is 8.14. The van der Waals surface area contributed by atoms with Crippen LogP contribution >= 0.6 is 0 Å². The predicted octanol–water partition coefficient (Wildman–Crippen LogP) is 2.45. The van der Waals surface area contributed by atoms with Gasteiger partial charge in [0, 0.05) is 31.0 Å². The van der Waals surface area contributed by atoms with Crippen LogP contribution in [0.1, 0.15) is 33.6 Å². The summed E-state index contributed by atoms with van der Waals surface area (Å²) in [7, 11) is 0. The Hall–Kier alpha value is -2.29. The third-order valence-corrected chi connectivity index (χ3v) is 5.20. The molecule has 2 rings (SSSR count). The molecule has 0 bridgehead atoms. The minimum absolute atomic E-state index is 0.00681. The van der Waals surface area contributed by atoms with Crippen molar-refractivity contribution in [1.82, 2.24) is 4.90 Å². The molecule has 5 nitrogen and oxygen atoms in total. The zero-order valence-corrected chi connectivity index (χ0v) is 14.0. The number of nitrogens with zero attached hydrogens (tertiary/aromatic N) is 4. The molecule has 0 spiro atoms. The van der Waals surface area contributed by atoms with Crippen molar-refractivity contribution in [1.29, 1.82) is 15.8 Å². The van der Waals surface area contributed by atoms with Gasteiger partial charge in [-0.05, 0) is 25.8 Å². The predicted molar refractivity (Wildman–Crippen MR) is 87.2 cm³/mol. The van der Waals surface area contributed by atoms with Crippen molar-refractivity contribution in [3.05, 3.63) is 22.9 Å². The Labute approximate surface area is 138 Å². The standard InChI is InChI=1S/C18H23N5/c1-4-5-16-15-9-23(12(2)3)7-6-13(15)14(8-19)17(22)18(16,10-20)11-21/h6,12,15-16H,4-5,7,9,22H2,1-3H3/t15-,16-/m1/s1. The van der Waals surface area contributed by atoms with Gasteiger partial charge in [0.1, 0.15) is 6.07 Å². The highest BCUT2D eigenvalue weighted by atomic mass is 15.2. The van der Waals surface area contributed by atoms with E-state index in [1.807, 2.05) is 6.92 Å². The van der Waals surface area contributed by atoms with Crippen LogP contribution in [0.15, 0.2) is 22.9 Å². The maximum atomic E-state index is 9.76. The molecule has 0 amide bonds. The average molecular weight is 309 g/mol. The van der Waals surface area contributed by atoms with E-state index in [-0.39, 0.29) is 17.5 Å². The van der Waals surface area contributed by atoms with Crippen LogP contribution in [0, 0.1) is 51.2 Å². The molecule has 0 aromatic carbocycles. The van der Waals surface area contributed by atoms with Gasteiger partial charge < -0.3 is 5.73 Å². The molecule has 1 aliphatic heterocycles. The molecule has 0 saturated heterocycles. The third kappa shape index (κ3) is 2.50. The fraction of sp³-hybridized carbons (Fsp3) is 0.611. The van der Waals surface area contributed by atoms with Gasteiger partial charge in [-0.1, -0.05) is 19.4 Å². The molecule has 5 heteroatoms. The summed E-state index contributed by atoms with van der Waals surface area (Å²) in [4.78, 5) is 2.31. The summed E-state index contributed by atoms with van der Waals surface area (Å²) < 4.78 is 0. The molecule has 0 aromatic rings. The second-order valence-corrected chi connectivity index (χ2v) is 6.64. The van der Waals surface area contributed by atoms with Crippen molar-refractivity contribution in [2.45, 2.75) is 39.7 Å². The molecule has 120 valence electrons. The lowest BCUT2D eigenvalue weighted by atomic mass is 9.59. The van der Waals surface area contributed by atoms with Gasteiger partial charge in [-0.2, -0.15) is 15.8 Å². The Kier molecular flexibility index (Phi) is 4.79. The molecule has 1 heterocycles. The van der Waals surface area contributed by atoms with Crippen molar-refractivity contribution < 1.29 is 0 Å². The second-order valence-electron chi connectivity index (χ2n) is 6.64. The summed E-state index contributed by atoms with van der Waals surface area (Å²) in [6, 6.07) is 6.83. The average Bonchev–Trinajstić information content (AvgIpc) is 2.56. The Morgan fingerprint density at radius 2 is 2.00 bits per heavy atom. The molecule has 0 saturated carbocycles. The van der Waals surface area contributed by atoms with E-state index in [1.54, 1.807) is 0 Å². The highest BCUT2D eigenvalue weighted by molar-refractivity contribution is 5.56. The summed E-state index contributed by atoms with van der Waals surface area (Å²) in [6.45, 7) is 7.84. The molecule has 1 aliphatic carbocycles. The van der Waals surface area contributed by atoms with Crippen LogP contribution in [-0.2, 0) is 0 Å². The summed E-state index contributed by atoms with van der Waals surface area (Å²) in [6.07, 6.45) is 3.67. The van der Waals surface area contributed by atoms with Crippen LogP contribution in [0.4, 0.5) is 0 Å². The summed E-state index contributed by atoms with van der Waals surface area (Å²) in [5.74, 6) is -0.167. The fourth-order valence-electron chi connectivity index (χ4n) is 3.86. The van der Waals surface area contributed by atoms with Gasteiger partial charge in [0.25, 0.3) is 0 Å². The molecule has 0 unspecified atom stereocenters. The van der Waals surface area contributed by atoms with Crippen molar-refractivity contribution in [3.8, 4) is 18.2 Å². The van der Waals surface area contributed by atoms with Gasteiger partial charge in [0.05, 0.1) is 23.4 Å². The number of hydrogen-bond donors (Lipinski definition) is 1. The minimum atomic E-state index is -1.40. The highest BCUT2D eigenvalue weighted by Crippen LogP contribution is 2.51. The Morgan fingerprint density at radius 1 is 1.35 bits per heavy atom. The number of nitrogens with two attached hydrogens (primary N) is 1. The van der Waals surface area contributed by atoms with E-state index in [4.69, 9.17) is 5.73 Å². The molecule has 0 aromatic heterocycles. The van der Waals surface area contributed by atoms with Crippen molar-refractivity contribution in [2.24, 2.45) is 23.0 Å². The zero-order valence-electron chi connectivity index (χ0n) is 14.0. The topological polar surface area (TPSA) is 101 Å². The molecule has 23 heavy (non-hydrogen) atoms. The molecule has 0 radical (unpaired) electrons. The van der Waals surface area contributed by atoms with Crippen LogP contribution in [0.25, 0.3) is 0 Å². The zero-order chi connectivity index (χ0) is 17.2. The molecule has 2 N–H and O–H groups in total. The number of rotatable bonds is 3. The van der Waals surface area contributed by atoms with Crippen LogP contribution in [-0.4, -0.2) is 24.0 Å². The number of nitriles is 3. The number of allylic oxidation sites excluding steroid dienone is 2. The van der Waals surface area contributed by atoms with Gasteiger partial charge in [0.2, 0.25) is 0 Å². The minimum Gasteiger partial charge on any atom is -0.399 e. The van der Waals surface area contributed by atoms with E-state index < -0.39 is 5.41 Å². The lowest BCUT2D eigenvalue weighted by molar-refractivity contribution is 0.138. The number of fused-ring (bicyclic) bond motifs is 1. The summed E-state index contributed by atoms with van der Waals surface area (Å²) in [5, 5.41) is 29.1. The van der Waals surface area contributed by atoms with Gasteiger partial charge in [0.15, 0.2) is 5.41 Å². The van der Waals surface area contributed by atoms with Gasteiger partial charge >= 0.3 is 0 Å². The number of hydrogen-bond acceptors (Lipinski definition) is 5. The van der Waals surface area contributed by atoms with Crippen LogP contribution in [0.2, 0.25) is 0 Å². The van der Waals surface area contributed by atoms with Crippen molar-refractivity contribution in [3.63, 3.8) is 0 Å². The molecule has 0 fully saturated rings. The normalized spacial score (nSPS) is 26.7. The first-order valence-corrected chi connectivity index (χ1v) is 8.14. The van der Waals surface area contributed by atoms with E-state index in [1.165, 1.54) is 0 Å². The molecular weight excluding hydrogens is 286 g/mol. The Bertz CT molecular complexity index is 651. The monoisotopic (exact) mass is 309 g/mol. The SMILES string of the molecule is CCC[C@@H]1[C@@H]2CN(C(C)C)CC=C2C(C#N)=C(N)C1(C#N)C#N. The summed E-state index contributed by atoms with van der Waals surface area (Å²) in [5.41, 5.74) is 6.19. The van der Waals surface area contributed by atoms with E-state index >= 15 is 0 Å². The van der Waals surface area contributed by atoms with E-state index in [9.17, 15) is 15.8 Å². The Morgan fingerprint density at radius 3 is 2.48 bits per heavy atom. The third-order valence-electron chi connectivity index (χ3n) is 5.20. The van der Waals surface area contributed by atoms with Crippen molar-refractivity contribution >= 4 is 0 Å². The Balaban J connectivity index is 2.66. The van der Waals surface area contributed by atoms with Gasteiger partial charge in [-0.3, -0.25) is 4.90 Å². The van der Waals surface area contributed by atoms with Crippen molar-refractivity contribution in [2.75, 3.05) is 13.1 Å². The second kappa shape index (κ2) is 6.45. The lowest BCUT2D eigenvalue weighted by Crippen LogP contribution is -2.50. The maximum absolute atomic E-state index is 9.76. The molecular formula is C18H23N5. The van der Waals surface area contributed by atoms with E-state index in [2.05, 4.69) is 43.0 Å².